The maximum absolute atomic E-state index is 12.1. The van der Waals surface area contributed by atoms with E-state index in [9.17, 15) is 4.79 Å². The number of carbonyl (C=O) groups is 1. The van der Waals surface area contributed by atoms with Crippen molar-refractivity contribution in [2.45, 2.75) is 6.42 Å². The van der Waals surface area contributed by atoms with Gasteiger partial charge in [0.15, 0.2) is 5.78 Å². The molecule has 1 aliphatic carbocycles. The second-order valence-corrected chi connectivity index (χ2v) is 3.82. The molecule has 1 N–H and O–H groups in total. The van der Waals surface area contributed by atoms with E-state index >= 15 is 0 Å². The molecule has 0 aromatic heterocycles. The van der Waals surface area contributed by atoms with E-state index in [2.05, 4.69) is 0 Å². The number of ketones is 1. The van der Waals surface area contributed by atoms with Crippen LogP contribution in [0.2, 0.25) is 0 Å². The summed E-state index contributed by atoms with van der Waals surface area (Å²) in [6.45, 7) is 0. The SMILES string of the molecule is C[NH-].O=C1c2ccccc2Cc2ccccc21.[CH3-].[Y]. The van der Waals surface area contributed by atoms with Crippen LogP contribution in [0.1, 0.15) is 27.0 Å². The summed E-state index contributed by atoms with van der Waals surface area (Å²) in [6, 6.07) is 15.7. The second-order valence-electron chi connectivity index (χ2n) is 3.82. The van der Waals surface area contributed by atoms with Crippen molar-refractivity contribution in [3.8, 4) is 0 Å². The minimum absolute atomic E-state index is 0. The molecule has 1 aliphatic rings. The molecule has 2 nitrogen and oxygen atoms in total. The van der Waals surface area contributed by atoms with Gasteiger partial charge in [-0.05, 0) is 17.5 Å². The zero-order valence-corrected chi connectivity index (χ0v) is 14.1. The Balaban J connectivity index is 0.000000776. The molecular weight excluding hydrogens is 311 g/mol. The molecular formula is C16H17NOY-2. The van der Waals surface area contributed by atoms with E-state index < -0.39 is 0 Å². The molecule has 97 valence electrons. The van der Waals surface area contributed by atoms with Crippen molar-refractivity contribution in [1.82, 2.24) is 0 Å². The summed E-state index contributed by atoms with van der Waals surface area (Å²) in [5, 5.41) is 0. The Morgan fingerprint density at radius 2 is 1.21 bits per heavy atom. The summed E-state index contributed by atoms with van der Waals surface area (Å²) in [7, 11) is 1.25. The molecule has 1 radical (unpaired) electrons. The minimum Gasteiger partial charge on any atom is -0.680 e. The quantitative estimate of drug-likeness (QED) is 0.576. The third-order valence-electron chi connectivity index (χ3n) is 2.90. The monoisotopic (exact) mass is 328 g/mol. The Morgan fingerprint density at radius 3 is 1.63 bits per heavy atom. The Bertz CT molecular complexity index is 504. The van der Waals surface area contributed by atoms with Crippen LogP contribution in [0.5, 0.6) is 0 Å². The van der Waals surface area contributed by atoms with E-state index in [4.69, 9.17) is 5.73 Å². The van der Waals surface area contributed by atoms with E-state index in [1.807, 2.05) is 48.5 Å². The Labute approximate surface area is 140 Å². The van der Waals surface area contributed by atoms with Crippen LogP contribution in [0.3, 0.4) is 0 Å². The van der Waals surface area contributed by atoms with Crippen molar-refractivity contribution in [3.05, 3.63) is 83.9 Å². The summed E-state index contributed by atoms with van der Waals surface area (Å²) >= 11 is 0. The van der Waals surface area contributed by atoms with Crippen LogP contribution in [-0.4, -0.2) is 12.8 Å². The summed E-state index contributed by atoms with van der Waals surface area (Å²) in [6.07, 6.45) is 0.873. The van der Waals surface area contributed by atoms with Crippen molar-refractivity contribution in [3.63, 3.8) is 0 Å². The number of benzene rings is 2. The molecule has 0 aliphatic heterocycles. The molecule has 0 saturated carbocycles. The Morgan fingerprint density at radius 1 is 0.842 bits per heavy atom. The number of carbonyl (C=O) groups excluding carboxylic acids is 1. The molecule has 0 fully saturated rings. The first-order valence-electron chi connectivity index (χ1n) is 5.57. The minimum atomic E-state index is 0. The van der Waals surface area contributed by atoms with Crippen LogP contribution in [0.4, 0.5) is 0 Å². The molecule has 0 heterocycles. The normalized spacial score (nSPS) is 10.7. The predicted octanol–water partition coefficient (Wildman–Crippen LogP) is 3.94. The zero-order chi connectivity index (χ0) is 12.3. The van der Waals surface area contributed by atoms with Gasteiger partial charge in [0, 0.05) is 43.8 Å². The Hall–Kier alpha value is -0.826. The first-order chi connectivity index (χ1) is 8.36. The number of fused-ring (bicyclic) bond motifs is 2. The number of rotatable bonds is 0. The molecule has 0 bridgehead atoms. The first kappa shape index (κ1) is 18.2. The molecule has 3 heteroatoms. The van der Waals surface area contributed by atoms with Crippen molar-refractivity contribution >= 4 is 5.78 Å². The fourth-order valence-electron chi connectivity index (χ4n) is 2.14. The zero-order valence-electron chi connectivity index (χ0n) is 11.3. The molecule has 0 atom stereocenters. The van der Waals surface area contributed by atoms with Gasteiger partial charge >= 0.3 is 0 Å². The average Bonchev–Trinajstić information content (AvgIpc) is 2.41. The van der Waals surface area contributed by atoms with Gasteiger partial charge in [0.1, 0.15) is 0 Å². The van der Waals surface area contributed by atoms with Crippen LogP contribution in [0.15, 0.2) is 48.5 Å². The van der Waals surface area contributed by atoms with Gasteiger partial charge in [0.2, 0.25) is 0 Å². The molecule has 0 amide bonds. The van der Waals surface area contributed by atoms with Gasteiger partial charge < -0.3 is 13.2 Å². The van der Waals surface area contributed by atoms with Gasteiger partial charge in [0.05, 0.1) is 0 Å². The van der Waals surface area contributed by atoms with E-state index in [1.165, 1.54) is 7.05 Å². The average molecular weight is 328 g/mol. The summed E-state index contributed by atoms with van der Waals surface area (Å²) in [4.78, 5) is 12.1. The fourth-order valence-corrected chi connectivity index (χ4v) is 2.14. The smallest absolute Gasteiger partial charge is 0.193 e. The van der Waals surface area contributed by atoms with Gasteiger partial charge in [-0.3, -0.25) is 4.79 Å². The van der Waals surface area contributed by atoms with Crippen LogP contribution in [0.25, 0.3) is 5.73 Å². The third kappa shape index (κ3) is 3.59. The fraction of sp³-hybridized carbons (Fsp3) is 0.125. The molecule has 2 aromatic carbocycles. The molecule has 3 rings (SSSR count). The first-order valence-corrected chi connectivity index (χ1v) is 5.57. The van der Waals surface area contributed by atoms with Gasteiger partial charge in [-0.15, -0.1) is 0 Å². The maximum atomic E-state index is 12.1. The van der Waals surface area contributed by atoms with Crippen molar-refractivity contribution in [2.75, 3.05) is 7.05 Å². The van der Waals surface area contributed by atoms with Gasteiger partial charge in [0.25, 0.3) is 0 Å². The Kier molecular flexibility index (Phi) is 8.00. The standard InChI is InChI=1S/C14H10O.CH4N.CH3.Y/c15-14-12-7-3-1-5-10(12)9-11-6-2-4-8-13(11)14;1-2;;/h1-8H,9H2;2H,1H3;1H3;/q;2*-1;. The maximum Gasteiger partial charge on any atom is 0.193 e. The predicted molar refractivity (Wildman–Crippen MR) is 75.8 cm³/mol. The summed E-state index contributed by atoms with van der Waals surface area (Å²) in [5.74, 6) is 0.160. The molecule has 0 unspecified atom stereocenters. The van der Waals surface area contributed by atoms with Gasteiger partial charge in [-0.25, -0.2) is 0 Å². The van der Waals surface area contributed by atoms with Crippen LogP contribution < -0.4 is 0 Å². The molecule has 2 aromatic rings. The van der Waals surface area contributed by atoms with Gasteiger partial charge in [-0.1, -0.05) is 48.5 Å². The van der Waals surface area contributed by atoms with Gasteiger partial charge in [-0.2, -0.15) is 7.05 Å². The number of hydrogen-bond donors (Lipinski definition) is 0. The topological polar surface area (TPSA) is 40.9 Å². The van der Waals surface area contributed by atoms with Crippen LogP contribution >= 0.6 is 0 Å². The molecule has 0 saturated heterocycles. The van der Waals surface area contributed by atoms with E-state index in [0.29, 0.717) is 0 Å². The largest absolute Gasteiger partial charge is 0.680 e. The molecule has 0 spiro atoms. The summed E-state index contributed by atoms with van der Waals surface area (Å²) < 4.78 is 0. The van der Waals surface area contributed by atoms with Crippen LogP contribution in [0, 0.1) is 7.43 Å². The van der Waals surface area contributed by atoms with Crippen molar-refractivity contribution in [1.29, 1.82) is 0 Å². The number of hydrogen-bond acceptors (Lipinski definition) is 1. The van der Waals surface area contributed by atoms with Crippen molar-refractivity contribution < 1.29 is 37.5 Å². The third-order valence-corrected chi connectivity index (χ3v) is 2.90. The second kappa shape index (κ2) is 8.37. The van der Waals surface area contributed by atoms with Crippen molar-refractivity contribution in [2.24, 2.45) is 0 Å². The molecule has 19 heavy (non-hydrogen) atoms. The van der Waals surface area contributed by atoms with E-state index in [-0.39, 0.29) is 45.9 Å². The van der Waals surface area contributed by atoms with E-state index in [0.717, 1.165) is 28.7 Å². The number of nitrogens with one attached hydrogen (secondary N) is 1. The summed E-state index contributed by atoms with van der Waals surface area (Å²) in [5.41, 5.74) is 9.75. The van der Waals surface area contributed by atoms with E-state index in [1.54, 1.807) is 0 Å². The van der Waals surface area contributed by atoms with Crippen LogP contribution in [-0.2, 0) is 39.1 Å².